The first kappa shape index (κ1) is 12.1. The molecule has 2 aliphatic rings. The Morgan fingerprint density at radius 2 is 2.00 bits per heavy atom. The molecule has 2 aromatic rings. The van der Waals surface area contributed by atoms with E-state index in [1.165, 1.54) is 18.1 Å². The second-order valence-electron chi connectivity index (χ2n) is 6.07. The second kappa shape index (κ2) is 4.16. The molecule has 2 bridgehead atoms. The Morgan fingerprint density at radius 3 is 2.90 bits per heavy atom. The number of rotatable bonds is 1. The van der Waals surface area contributed by atoms with Crippen LogP contribution in [0.5, 0.6) is 0 Å². The molecule has 2 atom stereocenters. The van der Waals surface area contributed by atoms with Gasteiger partial charge in [0.05, 0.1) is 5.54 Å². The number of benzene rings is 2. The van der Waals surface area contributed by atoms with Gasteiger partial charge in [0.15, 0.2) is 0 Å². The molecule has 4 rings (SSSR count). The summed E-state index contributed by atoms with van der Waals surface area (Å²) in [5, 5.41) is 2.09. The molecule has 0 spiro atoms. The molecule has 1 nitrogen and oxygen atoms in total. The van der Waals surface area contributed by atoms with Crippen LogP contribution in [0.4, 0.5) is 4.39 Å². The standard InChI is InChI=1S/C18H18FN/c1-20-17-3-2-9-18(20,10-8-17)15-6-4-13-5-7-16(19)12-14(13)11-15/h2,4-7,9,11-12,17H,3,8,10H2,1H3. The molecule has 0 aromatic heterocycles. The summed E-state index contributed by atoms with van der Waals surface area (Å²) >= 11 is 0. The lowest BCUT2D eigenvalue weighted by atomic mass is 9.85. The lowest BCUT2D eigenvalue weighted by molar-refractivity contribution is 0.168. The van der Waals surface area contributed by atoms with Crippen LogP contribution in [-0.2, 0) is 5.54 Å². The minimum absolute atomic E-state index is 0.0173. The van der Waals surface area contributed by atoms with E-state index in [0.717, 1.165) is 23.6 Å². The van der Waals surface area contributed by atoms with Crippen LogP contribution in [0.3, 0.4) is 0 Å². The van der Waals surface area contributed by atoms with Gasteiger partial charge in [0, 0.05) is 6.04 Å². The summed E-state index contributed by atoms with van der Waals surface area (Å²) in [5.74, 6) is -0.163. The fourth-order valence-electron chi connectivity index (χ4n) is 3.91. The molecule has 1 fully saturated rings. The number of hydrogen-bond donors (Lipinski definition) is 0. The van der Waals surface area contributed by atoms with Crippen LogP contribution in [0.25, 0.3) is 10.8 Å². The zero-order valence-electron chi connectivity index (χ0n) is 11.6. The topological polar surface area (TPSA) is 3.24 Å². The molecular weight excluding hydrogens is 249 g/mol. The van der Waals surface area contributed by atoms with Crippen LogP contribution in [0.2, 0.25) is 0 Å². The number of fused-ring (bicyclic) bond motifs is 3. The summed E-state index contributed by atoms with van der Waals surface area (Å²) in [4.78, 5) is 2.49. The summed E-state index contributed by atoms with van der Waals surface area (Å²) in [5.41, 5.74) is 1.31. The third-order valence-corrected chi connectivity index (χ3v) is 5.14. The molecule has 0 amide bonds. The molecule has 2 heterocycles. The highest BCUT2D eigenvalue weighted by Crippen LogP contribution is 2.46. The van der Waals surface area contributed by atoms with Crippen LogP contribution < -0.4 is 0 Å². The molecule has 2 aliphatic heterocycles. The highest BCUT2D eigenvalue weighted by Gasteiger charge is 2.45. The monoisotopic (exact) mass is 267 g/mol. The Labute approximate surface area is 118 Å². The maximum Gasteiger partial charge on any atom is 0.123 e. The smallest absolute Gasteiger partial charge is 0.123 e. The van der Waals surface area contributed by atoms with Gasteiger partial charge in [-0.3, -0.25) is 4.90 Å². The van der Waals surface area contributed by atoms with Gasteiger partial charge in [-0.05, 0) is 60.8 Å². The average Bonchev–Trinajstić information content (AvgIpc) is 2.65. The summed E-state index contributed by atoms with van der Waals surface area (Å²) < 4.78 is 13.4. The predicted octanol–water partition coefficient (Wildman–Crippen LogP) is 4.23. The van der Waals surface area contributed by atoms with Crippen molar-refractivity contribution in [2.75, 3.05) is 7.05 Å². The quantitative estimate of drug-likeness (QED) is 0.699. The zero-order chi connectivity index (χ0) is 13.7. The number of halogens is 1. The SMILES string of the molecule is CN1C2CC=CC1(c1ccc3ccc(F)cc3c1)CC2. The van der Waals surface area contributed by atoms with E-state index in [4.69, 9.17) is 0 Å². The normalized spacial score (nSPS) is 29.2. The van der Waals surface area contributed by atoms with Gasteiger partial charge >= 0.3 is 0 Å². The maximum absolute atomic E-state index is 13.4. The van der Waals surface area contributed by atoms with E-state index in [2.05, 4.69) is 42.3 Å². The molecule has 20 heavy (non-hydrogen) atoms. The van der Waals surface area contributed by atoms with E-state index in [0.29, 0.717) is 6.04 Å². The van der Waals surface area contributed by atoms with Crippen molar-refractivity contribution in [3.63, 3.8) is 0 Å². The lowest BCUT2D eigenvalue weighted by Crippen LogP contribution is -2.42. The summed E-state index contributed by atoms with van der Waals surface area (Å²) in [6.07, 6.45) is 8.21. The molecule has 0 aliphatic carbocycles. The molecule has 102 valence electrons. The Hall–Kier alpha value is -1.67. The first-order valence-corrected chi connectivity index (χ1v) is 7.29. The summed E-state index contributed by atoms with van der Waals surface area (Å²) in [6, 6.07) is 12.1. The fraction of sp³-hybridized carbons (Fsp3) is 0.333. The molecular formula is C18H18FN. The summed E-state index contributed by atoms with van der Waals surface area (Å²) in [7, 11) is 2.22. The van der Waals surface area contributed by atoms with Crippen LogP contribution in [-0.4, -0.2) is 18.0 Å². The average molecular weight is 267 g/mol. The zero-order valence-corrected chi connectivity index (χ0v) is 11.6. The summed E-state index contributed by atoms with van der Waals surface area (Å²) in [6.45, 7) is 0. The number of likely N-dealkylation sites (N-methyl/N-ethyl adjacent to an activating group) is 1. The van der Waals surface area contributed by atoms with Crippen LogP contribution in [0, 0.1) is 5.82 Å². The number of nitrogens with zero attached hydrogens (tertiary/aromatic N) is 1. The molecule has 2 heteroatoms. The molecule has 0 N–H and O–H groups in total. The first-order valence-electron chi connectivity index (χ1n) is 7.29. The largest absolute Gasteiger partial charge is 0.290 e. The van der Waals surface area contributed by atoms with Crippen molar-refractivity contribution >= 4 is 10.8 Å². The van der Waals surface area contributed by atoms with Crippen molar-refractivity contribution in [2.24, 2.45) is 0 Å². The molecule has 0 radical (unpaired) electrons. The Morgan fingerprint density at radius 1 is 1.15 bits per heavy atom. The van der Waals surface area contributed by atoms with Gasteiger partial charge < -0.3 is 0 Å². The Balaban J connectivity index is 1.89. The van der Waals surface area contributed by atoms with Crippen molar-refractivity contribution in [1.29, 1.82) is 0 Å². The predicted molar refractivity (Wildman–Crippen MR) is 80.1 cm³/mol. The van der Waals surface area contributed by atoms with Gasteiger partial charge in [-0.15, -0.1) is 0 Å². The Bertz CT molecular complexity index is 706. The van der Waals surface area contributed by atoms with Gasteiger partial charge in [-0.1, -0.05) is 30.4 Å². The van der Waals surface area contributed by atoms with Crippen molar-refractivity contribution in [3.8, 4) is 0 Å². The van der Waals surface area contributed by atoms with Crippen molar-refractivity contribution in [2.45, 2.75) is 30.8 Å². The van der Waals surface area contributed by atoms with E-state index in [-0.39, 0.29) is 11.4 Å². The minimum atomic E-state index is -0.163. The van der Waals surface area contributed by atoms with Gasteiger partial charge in [0.1, 0.15) is 5.82 Å². The van der Waals surface area contributed by atoms with Crippen molar-refractivity contribution in [3.05, 3.63) is 59.9 Å². The fourth-order valence-corrected chi connectivity index (χ4v) is 3.91. The third kappa shape index (κ3) is 1.58. The third-order valence-electron chi connectivity index (χ3n) is 5.14. The van der Waals surface area contributed by atoms with E-state index in [1.54, 1.807) is 6.07 Å². The van der Waals surface area contributed by atoms with Crippen LogP contribution in [0.1, 0.15) is 24.8 Å². The van der Waals surface area contributed by atoms with Crippen molar-refractivity contribution in [1.82, 2.24) is 4.90 Å². The van der Waals surface area contributed by atoms with E-state index < -0.39 is 0 Å². The van der Waals surface area contributed by atoms with E-state index in [9.17, 15) is 4.39 Å². The molecule has 1 saturated heterocycles. The van der Waals surface area contributed by atoms with E-state index >= 15 is 0 Å². The number of hydrogen-bond acceptors (Lipinski definition) is 1. The highest BCUT2D eigenvalue weighted by molar-refractivity contribution is 5.83. The molecule has 0 saturated carbocycles. The van der Waals surface area contributed by atoms with Gasteiger partial charge in [-0.25, -0.2) is 4.39 Å². The minimum Gasteiger partial charge on any atom is -0.290 e. The molecule has 2 aromatic carbocycles. The lowest BCUT2D eigenvalue weighted by Gasteiger charge is -2.39. The van der Waals surface area contributed by atoms with Crippen LogP contribution >= 0.6 is 0 Å². The van der Waals surface area contributed by atoms with E-state index in [1.807, 2.05) is 6.07 Å². The van der Waals surface area contributed by atoms with Gasteiger partial charge in [-0.2, -0.15) is 0 Å². The van der Waals surface area contributed by atoms with Crippen LogP contribution in [0.15, 0.2) is 48.6 Å². The second-order valence-corrected chi connectivity index (χ2v) is 6.07. The highest BCUT2D eigenvalue weighted by atomic mass is 19.1. The van der Waals surface area contributed by atoms with Crippen molar-refractivity contribution < 1.29 is 4.39 Å². The van der Waals surface area contributed by atoms with Gasteiger partial charge in [0.25, 0.3) is 0 Å². The van der Waals surface area contributed by atoms with Gasteiger partial charge in [0.2, 0.25) is 0 Å². The Kier molecular flexibility index (Phi) is 2.52. The first-order chi connectivity index (χ1) is 9.69. The maximum atomic E-state index is 13.4. The molecule has 2 unspecified atom stereocenters.